The number of likely N-dealkylation sites (tertiary alicyclic amines) is 1. The van der Waals surface area contributed by atoms with Crippen LogP contribution >= 0.6 is 0 Å². The van der Waals surface area contributed by atoms with E-state index < -0.39 is 11.3 Å². The van der Waals surface area contributed by atoms with Gasteiger partial charge in [-0.1, -0.05) is 72.8 Å². The summed E-state index contributed by atoms with van der Waals surface area (Å²) < 4.78 is 0. The molecule has 3 aliphatic carbocycles. The lowest BCUT2D eigenvalue weighted by Crippen LogP contribution is -2.49. The molecule has 1 fully saturated rings. The van der Waals surface area contributed by atoms with E-state index in [1.807, 2.05) is 66.9 Å². The molecule has 4 aliphatic rings. The number of imide groups is 1. The number of carbonyl (C=O) groups excluding carboxylic acids is 2. The van der Waals surface area contributed by atoms with Gasteiger partial charge >= 0.3 is 0 Å². The predicted molar refractivity (Wildman–Crippen MR) is 112 cm³/mol. The molecule has 2 aromatic carbocycles. The van der Waals surface area contributed by atoms with E-state index in [1.54, 1.807) is 6.20 Å². The number of carbonyl (C=O) groups is 2. The Balaban J connectivity index is 1.55. The number of allylic oxidation sites excluding steroid dienone is 1. The predicted octanol–water partition coefficient (Wildman–Crippen LogP) is 3.96. The van der Waals surface area contributed by atoms with Crippen molar-refractivity contribution in [1.82, 2.24) is 9.88 Å². The molecule has 30 heavy (non-hydrogen) atoms. The van der Waals surface area contributed by atoms with Crippen LogP contribution in [0.2, 0.25) is 0 Å². The Kier molecular flexibility index (Phi) is 3.60. The smallest absolute Gasteiger partial charge is 0.244 e. The lowest BCUT2D eigenvalue weighted by atomic mass is 9.52. The normalized spacial score (nSPS) is 28.5. The first-order valence-electron chi connectivity index (χ1n) is 10.3. The Morgan fingerprint density at radius 2 is 1.67 bits per heavy atom. The van der Waals surface area contributed by atoms with Gasteiger partial charge in [0, 0.05) is 24.2 Å². The minimum Gasteiger partial charge on any atom is -0.277 e. The molecule has 7 rings (SSSR count). The highest BCUT2D eigenvalue weighted by Crippen LogP contribution is 2.62. The van der Waals surface area contributed by atoms with Crippen LogP contribution in [0.4, 0.5) is 0 Å². The maximum atomic E-state index is 13.9. The van der Waals surface area contributed by atoms with Gasteiger partial charge in [-0.05, 0) is 28.3 Å². The molecule has 0 N–H and O–H groups in total. The average molecular weight is 392 g/mol. The highest BCUT2D eigenvalue weighted by molar-refractivity contribution is 6.13. The summed E-state index contributed by atoms with van der Waals surface area (Å²) in [5.41, 5.74) is 3.11. The number of nitrogens with zero attached hydrogens (tertiary/aromatic N) is 2. The van der Waals surface area contributed by atoms with Crippen molar-refractivity contribution in [2.45, 2.75) is 23.8 Å². The maximum Gasteiger partial charge on any atom is 0.244 e. The summed E-state index contributed by atoms with van der Waals surface area (Å²) in [6, 6.07) is 21.8. The van der Waals surface area contributed by atoms with Crippen LogP contribution < -0.4 is 0 Å². The Morgan fingerprint density at radius 1 is 0.933 bits per heavy atom. The number of hydrogen-bond acceptors (Lipinski definition) is 3. The quantitative estimate of drug-likeness (QED) is 0.501. The molecule has 0 saturated carbocycles. The van der Waals surface area contributed by atoms with Crippen molar-refractivity contribution in [1.29, 1.82) is 0 Å². The van der Waals surface area contributed by atoms with Gasteiger partial charge in [0.1, 0.15) is 5.41 Å². The number of benzene rings is 2. The van der Waals surface area contributed by atoms with E-state index in [-0.39, 0.29) is 23.7 Å². The molecule has 3 aromatic rings. The Labute approximate surface area is 174 Å². The Bertz CT molecular complexity index is 1190. The fraction of sp³-hybridized carbons (Fsp3) is 0.192. The summed E-state index contributed by atoms with van der Waals surface area (Å²) in [6.45, 7) is 0.303. The third kappa shape index (κ3) is 2.13. The molecule has 1 aliphatic heterocycles. The minimum absolute atomic E-state index is 0.0383. The number of hydrogen-bond donors (Lipinski definition) is 0. The van der Waals surface area contributed by atoms with Crippen molar-refractivity contribution < 1.29 is 9.59 Å². The number of pyridine rings is 1. The fourth-order valence-electron chi connectivity index (χ4n) is 5.72. The van der Waals surface area contributed by atoms with E-state index in [0.29, 0.717) is 6.54 Å². The van der Waals surface area contributed by atoms with E-state index in [9.17, 15) is 9.59 Å². The zero-order chi connectivity index (χ0) is 20.3. The summed E-state index contributed by atoms with van der Waals surface area (Å²) in [5, 5.41) is 0. The molecule has 4 heteroatoms. The van der Waals surface area contributed by atoms with E-state index in [0.717, 1.165) is 22.3 Å². The number of aromatic nitrogens is 1. The van der Waals surface area contributed by atoms with E-state index in [1.165, 1.54) is 4.90 Å². The fourth-order valence-corrected chi connectivity index (χ4v) is 5.72. The SMILES string of the molecule is O=C1C2C(c3ccccc3)C3C=CC2(C(=O)N1Cc1ccccc1)c1ccncc13. The molecule has 1 spiro atoms. The zero-order valence-electron chi connectivity index (χ0n) is 16.3. The minimum atomic E-state index is -0.945. The van der Waals surface area contributed by atoms with Gasteiger partial charge in [-0.3, -0.25) is 19.5 Å². The molecular formula is C26H20N2O2. The summed E-state index contributed by atoms with van der Waals surface area (Å²) in [4.78, 5) is 33.5. The molecule has 2 heterocycles. The third-order valence-electron chi connectivity index (χ3n) is 6.96. The largest absolute Gasteiger partial charge is 0.277 e. The van der Waals surface area contributed by atoms with Gasteiger partial charge in [-0.2, -0.15) is 0 Å². The first kappa shape index (κ1) is 17.3. The van der Waals surface area contributed by atoms with Crippen molar-refractivity contribution in [3.8, 4) is 0 Å². The molecule has 2 amide bonds. The lowest BCUT2D eigenvalue weighted by molar-refractivity contribution is -0.140. The average Bonchev–Trinajstić information content (AvgIpc) is 3.03. The van der Waals surface area contributed by atoms with Crippen LogP contribution in [-0.4, -0.2) is 21.7 Å². The van der Waals surface area contributed by atoms with Crippen LogP contribution in [0, 0.1) is 5.92 Å². The van der Waals surface area contributed by atoms with Gasteiger partial charge in [0.15, 0.2) is 0 Å². The van der Waals surface area contributed by atoms with E-state index in [4.69, 9.17) is 0 Å². The van der Waals surface area contributed by atoms with Crippen LogP contribution in [0.5, 0.6) is 0 Å². The van der Waals surface area contributed by atoms with Gasteiger partial charge in [0.05, 0.1) is 12.5 Å². The van der Waals surface area contributed by atoms with Crippen molar-refractivity contribution in [3.05, 3.63) is 114 Å². The summed E-state index contributed by atoms with van der Waals surface area (Å²) in [6.07, 6.45) is 7.72. The molecule has 4 nitrogen and oxygen atoms in total. The van der Waals surface area contributed by atoms with E-state index in [2.05, 4.69) is 23.2 Å². The molecule has 4 atom stereocenters. The second kappa shape index (κ2) is 6.23. The van der Waals surface area contributed by atoms with Gasteiger partial charge in [0.2, 0.25) is 11.8 Å². The van der Waals surface area contributed by atoms with Gasteiger partial charge in [0.25, 0.3) is 0 Å². The molecule has 1 aromatic heterocycles. The van der Waals surface area contributed by atoms with Gasteiger partial charge < -0.3 is 0 Å². The van der Waals surface area contributed by atoms with Crippen molar-refractivity contribution >= 4 is 11.8 Å². The first-order chi connectivity index (χ1) is 14.7. The Morgan fingerprint density at radius 3 is 2.43 bits per heavy atom. The molecular weight excluding hydrogens is 372 g/mol. The van der Waals surface area contributed by atoms with Crippen LogP contribution in [-0.2, 0) is 21.5 Å². The maximum absolute atomic E-state index is 13.9. The summed E-state index contributed by atoms with van der Waals surface area (Å²) >= 11 is 0. The first-order valence-corrected chi connectivity index (χ1v) is 10.3. The summed E-state index contributed by atoms with van der Waals surface area (Å²) in [5.74, 6) is -0.666. The molecule has 146 valence electrons. The summed E-state index contributed by atoms with van der Waals surface area (Å²) in [7, 11) is 0. The van der Waals surface area contributed by atoms with Crippen LogP contribution in [0.25, 0.3) is 0 Å². The van der Waals surface area contributed by atoms with Crippen LogP contribution in [0.3, 0.4) is 0 Å². The van der Waals surface area contributed by atoms with Crippen LogP contribution in [0.15, 0.2) is 91.3 Å². The van der Waals surface area contributed by atoms with Gasteiger partial charge in [-0.25, -0.2) is 0 Å². The van der Waals surface area contributed by atoms with Crippen LogP contribution in [0.1, 0.15) is 34.1 Å². The Hall–Kier alpha value is -3.53. The highest BCUT2D eigenvalue weighted by Gasteiger charge is 2.67. The topological polar surface area (TPSA) is 50.3 Å². The molecule has 4 unspecified atom stereocenters. The number of rotatable bonds is 3. The van der Waals surface area contributed by atoms with Crippen molar-refractivity contribution in [3.63, 3.8) is 0 Å². The lowest BCUT2D eigenvalue weighted by Gasteiger charge is -2.47. The van der Waals surface area contributed by atoms with Gasteiger partial charge in [-0.15, -0.1) is 0 Å². The standard InChI is InChI=1S/C26H20N2O2/c29-24-23-22(18-9-5-2-6-10-18)19-11-13-26(23,21-12-14-27-15-20(19)21)25(30)28(24)16-17-7-3-1-4-8-17/h1-15,19,22-23H,16H2. The zero-order valence-corrected chi connectivity index (χ0v) is 16.3. The molecule has 2 bridgehead atoms. The third-order valence-corrected chi connectivity index (χ3v) is 6.96. The molecule has 0 radical (unpaired) electrons. The second-order valence-corrected chi connectivity index (χ2v) is 8.35. The molecule has 1 saturated heterocycles. The van der Waals surface area contributed by atoms with E-state index >= 15 is 0 Å². The second-order valence-electron chi connectivity index (χ2n) is 8.35. The monoisotopic (exact) mass is 392 g/mol. The number of amides is 2. The highest BCUT2D eigenvalue weighted by atomic mass is 16.2. The van der Waals surface area contributed by atoms with Crippen molar-refractivity contribution in [2.75, 3.05) is 0 Å². The van der Waals surface area contributed by atoms with Crippen molar-refractivity contribution in [2.24, 2.45) is 5.92 Å².